The molecular formula is C54H87NO8P+. The highest BCUT2D eigenvalue weighted by molar-refractivity contribution is 7.47. The van der Waals surface area contributed by atoms with Crippen LogP contribution in [0.2, 0.25) is 0 Å². The summed E-state index contributed by atoms with van der Waals surface area (Å²) in [6, 6.07) is 0. The van der Waals surface area contributed by atoms with E-state index in [0.29, 0.717) is 23.9 Å². The van der Waals surface area contributed by atoms with E-state index >= 15 is 0 Å². The molecule has 0 radical (unpaired) electrons. The van der Waals surface area contributed by atoms with Crippen molar-refractivity contribution in [3.8, 4) is 0 Å². The third-order valence-corrected chi connectivity index (χ3v) is 10.2. The van der Waals surface area contributed by atoms with Crippen LogP contribution in [0.25, 0.3) is 0 Å². The summed E-state index contributed by atoms with van der Waals surface area (Å²) in [6.07, 6.45) is 63.9. The number of nitrogens with zero attached hydrogens (tertiary/aromatic N) is 1. The molecule has 0 heterocycles. The van der Waals surface area contributed by atoms with Gasteiger partial charge >= 0.3 is 19.8 Å². The first kappa shape index (κ1) is 60.2. The van der Waals surface area contributed by atoms with Gasteiger partial charge in [-0.3, -0.25) is 18.6 Å². The van der Waals surface area contributed by atoms with Crippen LogP contribution in [0.1, 0.15) is 142 Å². The summed E-state index contributed by atoms with van der Waals surface area (Å²) in [6.45, 7) is 4.03. The Bertz CT molecular complexity index is 1540. The molecule has 64 heavy (non-hydrogen) atoms. The molecule has 0 aliphatic heterocycles. The third kappa shape index (κ3) is 47.6. The molecule has 360 valence electrons. The van der Waals surface area contributed by atoms with E-state index in [1.54, 1.807) is 6.08 Å². The predicted octanol–water partition coefficient (Wildman–Crippen LogP) is 14.2. The number of rotatable bonds is 41. The molecule has 2 atom stereocenters. The molecule has 9 nitrogen and oxygen atoms in total. The van der Waals surface area contributed by atoms with Crippen LogP contribution < -0.4 is 0 Å². The maximum absolute atomic E-state index is 12.7. The lowest BCUT2D eigenvalue weighted by Gasteiger charge is -2.24. The number of carbonyl (C=O) groups excluding carboxylic acids is 2. The molecule has 0 spiro atoms. The van der Waals surface area contributed by atoms with Crippen molar-refractivity contribution in [3.63, 3.8) is 0 Å². The smallest absolute Gasteiger partial charge is 0.461 e. The lowest BCUT2D eigenvalue weighted by molar-refractivity contribution is -0.870. The molecule has 0 aromatic heterocycles. The average molecular weight is 909 g/mol. The number of phosphoric ester groups is 1. The fourth-order valence-corrected chi connectivity index (χ4v) is 6.30. The summed E-state index contributed by atoms with van der Waals surface area (Å²) in [5, 5.41) is 0. The fourth-order valence-electron chi connectivity index (χ4n) is 5.56. The van der Waals surface area contributed by atoms with E-state index in [1.165, 1.54) is 0 Å². The van der Waals surface area contributed by atoms with E-state index in [2.05, 4.69) is 129 Å². The summed E-state index contributed by atoms with van der Waals surface area (Å²) in [5.41, 5.74) is 0. The number of esters is 2. The van der Waals surface area contributed by atoms with Gasteiger partial charge in [0.25, 0.3) is 0 Å². The Morgan fingerprint density at radius 3 is 1.33 bits per heavy atom. The summed E-state index contributed by atoms with van der Waals surface area (Å²) in [7, 11) is 1.39. The summed E-state index contributed by atoms with van der Waals surface area (Å²) in [4.78, 5) is 35.4. The summed E-state index contributed by atoms with van der Waals surface area (Å²) < 4.78 is 34.2. The zero-order valence-corrected chi connectivity index (χ0v) is 41.3. The highest BCUT2D eigenvalue weighted by Crippen LogP contribution is 2.43. The molecule has 0 fully saturated rings. The summed E-state index contributed by atoms with van der Waals surface area (Å²) >= 11 is 0. The van der Waals surface area contributed by atoms with Crippen LogP contribution in [0, 0.1) is 0 Å². The first-order valence-corrected chi connectivity index (χ1v) is 25.4. The second-order valence-electron chi connectivity index (χ2n) is 16.4. The van der Waals surface area contributed by atoms with E-state index in [0.717, 1.165) is 103 Å². The van der Waals surface area contributed by atoms with Gasteiger partial charge in [0.05, 0.1) is 34.2 Å². The number of unbranched alkanes of at least 4 members (excludes halogenated alkanes) is 6. The highest BCUT2D eigenvalue weighted by atomic mass is 31.2. The Balaban J connectivity index is 4.44. The van der Waals surface area contributed by atoms with Gasteiger partial charge in [-0.2, -0.15) is 0 Å². The van der Waals surface area contributed by atoms with Crippen molar-refractivity contribution in [2.45, 2.75) is 148 Å². The van der Waals surface area contributed by atoms with Gasteiger partial charge in [0.1, 0.15) is 19.8 Å². The van der Waals surface area contributed by atoms with Gasteiger partial charge in [0.15, 0.2) is 6.10 Å². The molecule has 1 N–H and O–H groups in total. The molecule has 0 rings (SSSR count). The van der Waals surface area contributed by atoms with Gasteiger partial charge in [0.2, 0.25) is 0 Å². The van der Waals surface area contributed by atoms with Crippen molar-refractivity contribution in [3.05, 3.63) is 134 Å². The molecule has 10 heteroatoms. The maximum atomic E-state index is 12.7. The van der Waals surface area contributed by atoms with E-state index in [1.807, 2.05) is 33.3 Å². The summed E-state index contributed by atoms with van der Waals surface area (Å²) in [5.74, 6) is -0.978. The molecular weight excluding hydrogens is 822 g/mol. The van der Waals surface area contributed by atoms with Crippen LogP contribution in [-0.4, -0.2) is 74.9 Å². The average Bonchev–Trinajstić information content (AvgIpc) is 3.25. The number of phosphoric acid groups is 1. The van der Waals surface area contributed by atoms with Gasteiger partial charge in [-0.1, -0.05) is 173 Å². The Hall–Kier alpha value is -3.85. The van der Waals surface area contributed by atoms with Crippen LogP contribution in [0.15, 0.2) is 134 Å². The Morgan fingerprint density at radius 2 is 0.891 bits per heavy atom. The van der Waals surface area contributed by atoms with Crippen LogP contribution in [0.5, 0.6) is 0 Å². The molecule has 0 saturated heterocycles. The van der Waals surface area contributed by atoms with Crippen molar-refractivity contribution in [2.75, 3.05) is 47.5 Å². The zero-order valence-electron chi connectivity index (χ0n) is 40.4. The van der Waals surface area contributed by atoms with Gasteiger partial charge in [0, 0.05) is 6.42 Å². The molecule has 0 saturated carbocycles. The van der Waals surface area contributed by atoms with Gasteiger partial charge in [-0.05, 0) is 89.9 Å². The quantitative estimate of drug-likeness (QED) is 0.0212. The minimum absolute atomic E-state index is 0.00642. The number of hydrogen-bond donors (Lipinski definition) is 1. The van der Waals surface area contributed by atoms with Crippen LogP contribution in [0.4, 0.5) is 0 Å². The van der Waals surface area contributed by atoms with Crippen LogP contribution in [-0.2, 0) is 32.7 Å². The molecule has 0 aromatic carbocycles. The second-order valence-corrected chi connectivity index (χ2v) is 17.8. The van der Waals surface area contributed by atoms with Crippen molar-refractivity contribution in [1.82, 2.24) is 0 Å². The minimum atomic E-state index is -4.41. The number of allylic oxidation sites excluding steroid dienone is 21. The van der Waals surface area contributed by atoms with Gasteiger partial charge in [-0.15, -0.1) is 0 Å². The zero-order chi connectivity index (χ0) is 47.1. The lowest BCUT2D eigenvalue weighted by Crippen LogP contribution is -2.37. The van der Waals surface area contributed by atoms with E-state index < -0.39 is 32.5 Å². The monoisotopic (exact) mass is 909 g/mol. The largest absolute Gasteiger partial charge is 0.472 e. The predicted molar refractivity (Wildman–Crippen MR) is 270 cm³/mol. The highest BCUT2D eigenvalue weighted by Gasteiger charge is 2.27. The number of likely N-dealkylation sites (N-methyl/N-ethyl adjacent to an activating group) is 1. The first-order chi connectivity index (χ1) is 31.0. The van der Waals surface area contributed by atoms with Crippen LogP contribution in [0.3, 0.4) is 0 Å². The Labute approximate surface area is 390 Å². The van der Waals surface area contributed by atoms with Crippen molar-refractivity contribution >= 4 is 19.8 Å². The third-order valence-electron chi connectivity index (χ3n) is 9.21. The molecule has 0 aliphatic rings. The Morgan fingerprint density at radius 1 is 0.500 bits per heavy atom. The number of carbonyl (C=O) groups is 2. The van der Waals surface area contributed by atoms with Crippen molar-refractivity contribution in [1.29, 1.82) is 0 Å². The normalized spacial score (nSPS) is 14.7. The topological polar surface area (TPSA) is 108 Å². The van der Waals surface area contributed by atoms with E-state index in [9.17, 15) is 19.0 Å². The van der Waals surface area contributed by atoms with E-state index in [4.69, 9.17) is 18.5 Å². The lowest BCUT2D eigenvalue weighted by atomic mass is 10.1. The maximum Gasteiger partial charge on any atom is 0.472 e. The minimum Gasteiger partial charge on any atom is -0.461 e. The number of quaternary nitrogens is 1. The molecule has 0 amide bonds. The first-order valence-electron chi connectivity index (χ1n) is 23.9. The Kier molecular flexibility index (Phi) is 41.7. The second kappa shape index (κ2) is 44.4. The molecule has 0 aromatic rings. The van der Waals surface area contributed by atoms with E-state index in [-0.39, 0.29) is 26.1 Å². The standard InChI is InChI=1S/C54H86NO8P/c1-6-8-10-12-14-16-18-20-22-23-24-25-26-27-28-29-30-31-33-35-37-39-41-43-45-47-54(57)63-52(51-62-64(58,59)61-49-48-55(3,4)5)50-60-53(56)46-44-42-40-38-36-34-32-21-19-17-15-13-11-9-7-2/h8-11,14-17,20-22,24-25,27-28,30-32,36,38,42,44,52H,6-7,12-13,18-19,23,26,29,33-35,37,39-41,43,45-51H2,1-5H3/p+1/b10-8-,11-9-,16-14-,17-15-,22-20-,25-24-,28-27-,31-30-,32-21-,38-36-,44-42-. The number of ether oxygens (including phenoxy) is 2. The van der Waals surface area contributed by atoms with Crippen molar-refractivity contribution in [2.24, 2.45) is 0 Å². The molecule has 2 unspecified atom stereocenters. The molecule has 0 bridgehead atoms. The van der Waals surface area contributed by atoms with Gasteiger partial charge in [-0.25, -0.2) is 4.57 Å². The van der Waals surface area contributed by atoms with Gasteiger partial charge < -0.3 is 18.9 Å². The van der Waals surface area contributed by atoms with Crippen LogP contribution >= 0.6 is 7.82 Å². The fraction of sp³-hybridized carbons (Fsp3) is 0.556. The molecule has 0 aliphatic carbocycles. The SMILES string of the molecule is CC/C=C\C/C=C\C/C=C\C/C=C\C/C=C\C/C=C\CCCCCCCCC(=O)OC(COC(=O)C/C=C\C/C=C\C/C=C\C/C=C\C/C=C\CC)COP(=O)(O)OCC[N+](C)(C)C. The number of hydrogen-bond acceptors (Lipinski definition) is 7. The van der Waals surface area contributed by atoms with Crippen molar-refractivity contribution < 1.29 is 42.1 Å².